The Morgan fingerprint density at radius 1 is 0.659 bits per heavy atom. The molecule has 0 aliphatic rings. The lowest BCUT2D eigenvalue weighted by molar-refractivity contribution is -0.142. The summed E-state index contributed by atoms with van der Waals surface area (Å²) in [5, 5.41) is 16.6. The second-order valence-electron chi connectivity index (χ2n) is 7.78. The Bertz CT molecular complexity index is 1620. The summed E-state index contributed by atoms with van der Waals surface area (Å²) in [4.78, 5) is 7.94. The number of hydrogen-bond donors (Lipinski definition) is 1. The molecule has 10 nitrogen and oxygen atoms in total. The van der Waals surface area contributed by atoms with Crippen molar-refractivity contribution in [1.29, 1.82) is 0 Å². The number of pyridine rings is 2. The fourth-order valence-electron chi connectivity index (χ4n) is 3.03. The molecular weight excluding hydrogens is 622 g/mol. The Morgan fingerprint density at radius 2 is 1.29 bits per heavy atom. The van der Waals surface area contributed by atoms with Crippen molar-refractivity contribution in [2.45, 2.75) is 12.4 Å². The zero-order valence-electron chi connectivity index (χ0n) is 20.4. The summed E-state index contributed by atoms with van der Waals surface area (Å²) in [5.74, 6) is 0. The van der Waals surface area contributed by atoms with Gasteiger partial charge in [0, 0.05) is 31.0 Å². The number of rotatable bonds is 3. The largest absolute Gasteiger partial charge is 0.435 e. The van der Waals surface area contributed by atoms with E-state index >= 15 is 0 Å². The summed E-state index contributed by atoms with van der Waals surface area (Å²) >= 11 is 3.33. The minimum absolute atomic E-state index is 0.435. The van der Waals surface area contributed by atoms with Crippen molar-refractivity contribution in [3.05, 3.63) is 114 Å². The van der Waals surface area contributed by atoms with Crippen LogP contribution in [0.15, 0.2) is 103 Å². The summed E-state index contributed by atoms with van der Waals surface area (Å²) < 4.78 is 77.5. The maximum atomic E-state index is 12.5. The number of H-pyrrole nitrogens is 1. The van der Waals surface area contributed by atoms with Gasteiger partial charge in [-0.1, -0.05) is 0 Å². The molecule has 6 heterocycles. The fraction of sp³-hybridized carbons (Fsp3) is 0.0833. The van der Waals surface area contributed by atoms with Gasteiger partial charge in [0.2, 0.25) is 0 Å². The van der Waals surface area contributed by atoms with Gasteiger partial charge in [-0.3, -0.25) is 15.1 Å². The molecule has 0 spiro atoms. The van der Waals surface area contributed by atoms with Gasteiger partial charge in [0.05, 0.1) is 46.8 Å². The van der Waals surface area contributed by atoms with E-state index in [0.717, 1.165) is 33.2 Å². The molecule has 6 rings (SSSR count). The smallest absolute Gasteiger partial charge is 0.274 e. The topological polar surface area (TPSA) is 108 Å². The van der Waals surface area contributed by atoms with Gasteiger partial charge in [0.1, 0.15) is 11.4 Å². The lowest BCUT2D eigenvalue weighted by Crippen LogP contribution is -2.07. The average molecular weight is 639 g/mol. The highest BCUT2D eigenvalue weighted by atomic mass is 79.9. The molecule has 0 saturated carbocycles. The fourth-order valence-corrected chi connectivity index (χ4v) is 3.31. The predicted octanol–water partition coefficient (Wildman–Crippen LogP) is 5.93. The van der Waals surface area contributed by atoms with E-state index in [0.29, 0.717) is 11.4 Å². The Hall–Kier alpha value is -4.80. The summed E-state index contributed by atoms with van der Waals surface area (Å²) in [6.07, 6.45) is 6.91. The van der Waals surface area contributed by atoms with Crippen molar-refractivity contribution in [2.24, 2.45) is 0 Å². The van der Waals surface area contributed by atoms with Crippen LogP contribution >= 0.6 is 15.9 Å². The lowest BCUT2D eigenvalue weighted by atomic mass is 10.4. The second-order valence-corrected chi connectivity index (χ2v) is 8.70. The molecule has 0 atom stereocenters. The minimum atomic E-state index is -4.45. The molecular formula is C24H17BrF6N10. The van der Waals surface area contributed by atoms with E-state index in [4.69, 9.17) is 0 Å². The number of nitrogens with zero attached hydrogens (tertiary/aromatic N) is 9. The minimum Gasteiger partial charge on any atom is -0.274 e. The normalized spacial score (nSPS) is 11.3. The SMILES string of the molecule is Brc1cnn(-c2cccnc2)c1.FC(F)(F)c1ccn(-c2cnn(-c3cccnc3)c2)n1.FC(F)(F)c1ccn[nH]1. The summed E-state index contributed by atoms with van der Waals surface area (Å²) in [6, 6.07) is 9.15. The molecule has 0 amide bonds. The van der Waals surface area contributed by atoms with Gasteiger partial charge in [0.25, 0.3) is 0 Å². The molecule has 0 unspecified atom stereocenters. The van der Waals surface area contributed by atoms with Gasteiger partial charge in [0.15, 0.2) is 5.69 Å². The van der Waals surface area contributed by atoms with E-state index in [2.05, 4.69) is 46.3 Å². The molecule has 0 fully saturated rings. The van der Waals surface area contributed by atoms with Crippen LogP contribution < -0.4 is 0 Å². The first kappa shape index (κ1) is 29.2. The maximum absolute atomic E-state index is 12.5. The number of nitrogens with one attached hydrogen (secondary N) is 1. The third-order valence-electron chi connectivity index (χ3n) is 4.89. The molecule has 41 heavy (non-hydrogen) atoms. The quantitative estimate of drug-likeness (QED) is 0.241. The van der Waals surface area contributed by atoms with E-state index < -0.39 is 23.7 Å². The molecule has 0 aromatic carbocycles. The van der Waals surface area contributed by atoms with Gasteiger partial charge >= 0.3 is 12.4 Å². The number of aromatic nitrogens is 10. The molecule has 0 aliphatic heterocycles. The van der Waals surface area contributed by atoms with E-state index in [-0.39, 0.29) is 0 Å². The van der Waals surface area contributed by atoms with Crippen LogP contribution in [-0.4, -0.2) is 49.5 Å². The van der Waals surface area contributed by atoms with Crippen LogP contribution in [0.3, 0.4) is 0 Å². The van der Waals surface area contributed by atoms with Crippen LogP contribution in [0, 0.1) is 0 Å². The average Bonchev–Trinajstić information content (AvgIpc) is 3.76. The number of alkyl halides is 6. The van der Waals surface area contributed by atoms with Crippen LogP contribution in [0.2, 0.25) is 0 Å². The van der Waals surface area contributed by atoms with Crippen LogP contribution in [0.4, 0.5) is 26.3 Å². The van der Waals surface area contributed by atoms with Crippen molar-refractivity contribution in [2.75, 3.05) is 0 Å². The van der Waals surface area contributed by atoms with Gasteiger partial charge in [-0.25, -0.2) is 14.0 Å². The van der Waals surface area contributed by atoms with Crippen molar-refractivity contribution < 1.29 is 26.3 Å². The van der Waals surface area contributed by atoms with E-state index in [9.17, 15) is 26.3 Å². The molecule has 0 radical (unpaired) electrons. The zero-order chi connectivity index (χ0) is 29.5. The van der Waals surface area contributed by atoms with Crippen molar-refractivity contribution in [1.82, 2.24) is 49.5 Å². The first-order valence-corrected chi connectivity index (χ1v) is 12.1. The molecule has 0 bridgehead atoms. The Morgan fingerprint density at radius 3 is 1.73 bits per heavy atom. The first-order chi connectivity index (χ1) is 19.5. The van der Waals surface area contributed by atoms with Crippen molar-refractivity contribution in [3.63, 3.8) is 0 Å². The van der Waals surface area contributed by atoms with Gasteiger partial charge < -0.3 is 0 Å². The molecule has 0 saturated heterocycles. The first-order valence-electron chi connectivity index (χ1n) is 11.3. The zero-order valence-corrected chi connectivity index (χ0v) is 22.0. The monoisotopic (exact) mass is 638 g/mol. The summed E-state index contributed by atoms with van der Waals surface area (Å²) in [5.41, 5.74) is 0.351. The van der Waals surface area contributed by atoms with E-state index in [1.165, 1.54) is 17.1 Å². The number of halogens is 7. The Labute approximate surface area is 235 Å². The third kappa shape index (κ3) is 8.10. The number of aromatic amines is 1. The molecule has 6 aromatic rings. The highest BCUT2D eigenvalue weighted by Gasteiger charge is 2.34. The van der Waals surface area contributed by atoms with Gasteiger partial charge in [-0.15, -0.1) is 0 Å². The predicted molar refractivity (Wildman–Crippen MR) is 136 cm³/mol. The van der Waals surface area contributed by atoms with E-state index in [1.807, 2.05) is 18.3 Å². The highest BCUT2D eigenvalue weighted by Crippen LogP contribution is 2.28. The van der Waals surface area contributed by atoms with Crippen molar-refractivity contribution >= 4 is 15.9 Å². The summed E-state index contributed by atoms with van der Waals surface area (Å²) in [7, 11) is 0. The lowest BCUT2D eigenvalue weighted by Gasteiger charge is -2.01. The van der Waals surface area contributed by atoms with Crippen LogP contribution in [0.25, 0.3) is 17.1 Å². The highest BCUT2D eigenvalue weighted by molar-refractivity contribution is 9.10. The van der Waals surface area contributed by atoms with Crippen LogP contribution in [0.5, 0.6) is 0 Å². The van der Waals surface area contributed by atoms with Gasteiger partial charge in [-0.2, -0.15) is 46.7 Å². The third-order valence-corrected chi connectivity index (χ3v) is 5.30. The Kier molecular flexibility index (Phi) is 8.96. The molecule has 1 N–H and O–H groups in total. The van der Waals surface area contributed by atoms with E-state index in [1.54, 1.807) is 59.1 Å². The summed E-state index contributed by atoms with van der Waals surface area (Å²) in [6.45, 7) is 0. The second kappa shape index (κ2) is 12.6. The standard InChI is InChI=1S/C12H8F3N5.C8H6BrN3.C4H3F3N2/c13-12(14,15)11-3-5-19(18-11)10-7-17-20(8-10)9-2-1-4-16-6-9;9-7-4-11-12(6-7)8-2-1-3-10-5-8;5-4(6,7)3-1-2-8-9-3/h1-8H;1-6H;1-2H,(H,8,9). The molecule has 212 valence electrons. The van der Waals surface area contributed by atoms with Crippen LogP contribution in [-0.2, 0) is 12.4 Å². The Balaban J connectivity index is 0.000000156. The van der Waals surface area contributed by atoms with Crippen molar-refractivity contribution in [3.8, 4) is 17.1 Å². The maximum Gasteiger partial charge on any atom is 0.435 e. The number of hydrogen-bond acceptors (Lipinski definition) is 6. The molecule has 0 aliphatic carbocycles. The molecule has 17 heteroatoms. The molecule has 6 aromatic heterocycles. The van der Waals surface area contributed by atoms with Gasteiger partial charge in [-0.05, 0) is 52.3 Å². The van der Waals surface area contributed by atoms with Crippen LogP contribution in [0.1, 0.15) is 11.4 Å².